The van der Waals surface area contributed by atoms with Crippen LogP contribution in [-0.2, 0) is 11.3 Å². The highest BCUT2D eigenvalue weighted by Gasteiger charge is 2.23. The zero-order valence-electron chi connectivity index (χ0n) is 15.1. The van der Waals surface area contributed by atoms with E-state index < -0.39 is 5.60 Å². The predicted octanol–water partition coefficient (Wildman–Crippen LogP) is 4.65. The van der Waals surface area contributed by atoms with Gasteiger partial charge in [-0.2, -0.15) is 0 Å². The standard InChI is InChI=1S/C19H30N2O2/c1-14-8-6-11-17(14)20-16-10-7-9-15(12-16)13-21(5)18(22)23-19(2,3)4/h7,9-10,12,14,17,20H,6,8,11,13H2,1-5H3. The largest absolute Gasteiger partial charge is 0.444 e. The Balaban J connectivity index is 1.95. The molecule has 1 aromatic carbocycles. The van der Waals surface area contributed by atoms with Crippen LogP contribution in [0.25, 0.3) is 0 Å². The lowest BCUT2D eigenvalue weighted by Crippen LogP contribution is -2.33. The Labute approximate surface area is 140 Å². The SMILES string of the molecule is CC1CCCC1Nc1cccc(CN(C)C(=O)OC(C)(C)C)c1. The number of rotatable bonds is 4. The number of anilines is 1. The van der Waals surface area contributed by atoms with E-state index in [1.807, 2.05) is 32.9 Å². The fourth-order valence-electron chi connectivity index (χ4n) is 3.01. The van der Waals surface area contributed by atoms with Crippen LogP contribution in [0, 0.1) is 5.92 Å². The molecule has 1 aliphatic carbocycles. The van der Waals surface area contributed by atoms with Gasteiger partial charge < -0.3 is 15.0 Å². The van der Waals surface area contributed by atoms with Gasteiger partial charge in [-0.05, 0) is 57.2 Å². The number of ether oxygens (including phenoxy) is 1. The fourth-order valence-corrected chi connectivity index (χ4v) is 3.01. The molecule has 0 saturated heterocycles. The van der Waals surface area contributed by atoms with Crippen LogP contribution in [0.15, 0.2) is 24.3 Å². The number of amides is 1. The average molecular weight is 318 g/mol. The lowest BCUT2D eigenvalue weighted by molar-refractivity contribution is 0.0285. The van der Waals surface area contributed by atoms with Crippen molar-refractivity contribution in [1.82, 2.24) is 4.90 Å². The lowest BCUT2D eigenvalue weighted by atomic mass is 10.1. The first kappa shape index (κ1) is 17.6. The number of hydrogen-bond acceptors (Lipinski definition) is 3. The molecule has 1 N–H and O–H groups in total. The number of hydrogen-bond donors (Lipinski definition) is 1. The van der Waals surface area contributed by atoms with E-state index in [1.54, 1.807) is 11.9 Å². The van der Waals surface area contributed by atoms with Gasteiger partial charge in [0.25, 0.3) is 0 Å². The van der Waals surface area contributed by atoms with Crippen LogP contribution in [0.2, 0.25) is 0 Å². The van der Waals surface area contributed by atoms with Gasteiger partial charge in [-0.1, -0.05) is 25.5 Å². The summed E-state index contributed by atoms with van der Waals surface area (Å²) < 4.78 is 5.39. The maximum absolute atomic E-state index is 12.1. The number of carbonyl (C=O) groups excluding carboxylic acids is 1. The molecule has 4 nitrogen and oxygen atoms in total. The lowest BCUT2D eigenvalue weighted by Gasteiger charge is -2.25. The van der Waals surface area contributed by atoms with Gasteiger partial charge >= 0.3 is 6.09 Å². The van der Waals surface area contributed by atoms with E-state index in [0.29, 0.717) is 12.6 Å². The summed E-state index contributed by atoms with van der Waals surface area (Å²) in [5.41, 5.74) is 1.78. The number of carbonyl (C=O) groups is 1. The summed E-state index contributed by atoms with van der Waals surface area (Å²) in [6.45, 7) is 8.50. The highest BCUT2D eigenvalue weighted by Crippen LogP contribution is 2.28. The third-order valence-electron chi connectivity index (χ3n) is 4.27. The molecule has 128 valence electrons. The second kappa shape index (κ2) is 7.24. The third kappa shape index (κ3) is 5.45. The van der Waals surface area contributed by atoms with Crippen LogP contribution in [0.1, 0.15) is 52.5 Å². The van der Waals surface area contributed by atoms with Crippen molar-refractivity contribution in [2.24, 2.45) is 5.92 Å². The van der Waals surface area contributed by atoms with Crippen molar-refractivity contribution in [2.75, 3.05) is 12.4 Å². The molecule has 1 fully saturated rings. The van der Waals surface area contributed by atoms with Crippen molar-refractivity contribution in [3.05, 3.63) is 29.8 Å². The van der Waals surface area contributed by atoms with Gasteiger partial charge in [0.15, 0.2) is 0 Å². The molecule has 4 heteroatoms. The van der Waals surface area contributed by atoms with Crippen LogP contribution in [0.5, 0.6) is 0 Å². The summed E-state index contributed by atoms with van der Waals surface area (Å²) in [7, 11) is 1.77. The van der Waals surface area contributed by atoms with E-state index in [1.165, 1.54) is 19.3 Å². The zero-order valence-corrected chi connectivity index (χ0v) is 15.1. The van der Waals surface area contributed by atoms with E-state index in [-0.39, 0.29) is 6.09 Å². The molecule has 2 rings (SSSR count). The molecule has 0 aliphatic heterocycles. The van der Waals surface area contributed by atoms with Crippen LogP contribution in [0.3, 0.4) is 0 Å². The summed E-state index contributed by atoms with van der Waals surface area (Å²) in [6, 6.07) is 8.88. The molecular formula is C19H30N2O2. The molecule has 0 radical (unpaired) electrons. The molecule has 23 heavy (non-hydrogen) atoms. The monoisotopic (exact) mass is 318 g/mol. The first-order valence-corrected chi connectivity index (χ1v) is 8.54. The summed E-state index contributed by atoms with van der Waals surface area (Å²) in [5.74, 6) is 0.725. The minimum absolute atomic E-state index is 0.291. The molecule has 1 amide bonds. The van der Waals surface area contributed by atoms with Gasteiger partial charge in [0.2, 0.25) is 0 Å². The Hall–Kier alpha value is -1.71. The summed E-state index contributed by atoms with van der Waals surface area (Å²) >= 11 is 0. The van der Waals surface area contributed by atoms with Crippen LogP contribution in [0.4, 0.5) is 10.5 Å². The topological polar surface area (TPSA) is 41.6 Å². The molecule has 0 bridgehead atoms. The first-order chi connectivity index (χ1) is 10.7. The Bertz CT molecular complexity index is 536. The maximum Gasteiger partial charge on any atom is 0.410 e. The smallest absolute Gasteiger partial charge is 0.410 e. The third-order valence-corrected chi connectivity index (χ3v) is 4.27. The molecule has 0 aromatic heterocycles. The number of nitrogens with zero attached hydrogens (tertiary/aromatic N) is 1. The van der Waals surface area contributed by atoms with Crippen molar-refractivity contribution in [1.29, 1.82) is 0 Å². The molecule has 1 aliphatic rings. The fraction of sp³-hybridized carbons (Fsp3) is 0.632. The minimum atomic E-state index is -0.465. The Morgan fingerprint density at radius 1 is 1.35 bits per heavy atom. The molecule has 1 aromatic rings. The quantitative estimate of drug-likeness (QED) is 0.878. The minimum Gasteiger partial charge on any atom is -0.444 e. The van der Waals surface area contributed by atoms with Gasteiger partial charge in [-0.15, -0.1) is 0 Å². The van der Waals surface area contributed by atoms with E-state index in [2.05, 4.69) is 24.4 Å². The van der Waals surface area contributed by atoms with Crippen LogP contribution in [-0.4, -0.2) is 29.7 Å². The second-order valence-corrected chi connectivity index (χ2v) is 7.70. The maximum atomic E-state index is 12.1. The highest BCUT2D eigenvalue weighted by atomic mass is 16.6. The molecule has 0 spiro atoms. The second-order valence-electron chi connectivity index (χ2n) is 7.70. The van der Waals surface area contributed by atoms with Gasteiger partial charge in [-0.25, -0.2) is 4.79 Å². The van der Waals surface area contributed by atoms with Crippen molar-refractivity contribution < 1.29 is 9.53 Å². The van der Waals surface area contributed by atoms with Gasteiger partial charge in [0.1, 0.15) is 5.60 Å². The van der Waals surface area contributed by atoms with Crippen molar-refractivity contribution in [3.8, 4) is 0 Å². The molecule has 2 unspecified atom stereocenters. The normalized spacial score (nSPS) is 21.1. The zero-order chi connectivity index (χ0) is 17.0. The van der Waals surface area contributed by atoms with E-state index in [4.69, 9.17) is 4.74 Å². The van der Waals surface area contributed by atoms with Crippen LogP contribution < -0.4 is 5.32 Å². The molecule has 2 atom stereocenters. The Morgan fingerprint density at radius 3 is 2.70 bits per heavy atom. The summed E-state index contributed by atoms with van der Waals surface area (Å²) in [4.78, 5) is 13.7. The highest BCUT2D eigenvalue weighted by molar-refractivity contribution is 5.67. The Kier molecular flexibility index (Phi) is 5.55. The molecule has 1 saturated carbocycles. The molecular weight excluding hydrogens is 288 g/mol. The summed E-state index contributed by atoms with van der Waals surface area (Å²) in [6.07, 6.45) is 3.56. The van der Waals surface area contributed by atoms with E-state index >= 15 is 0 Å². The van der Waals surface area contributed by atoms with E-state index in [0.717, 1.165) is 17.2 Å². The van der Waals surface area contributed by atoms with Crippen molar-refractivity contribution in [3.63, 3.8) is 0 Å². The Morgan fingerprint density at radius 2 is 2.09 bits per heavy atom. The number of nitrogens with one attached hydrogen (secondary N) is 1. The van der Waals surface area contributed by atoms with Crippen molar-refractivity contribution >= 4 is 11.8 Å². The van der Waals surface area contributed by atoms with Gasteiger partial charge in [-0.3, -0.25) is 0 Å². The predicted molar refractivity (Wildman–Crippen MR) is 94.6 cm³/mol. The van der Waals surface area contributed by atoms with Crippen molar-refractivity contribution in [2.45, 2.75) is 65.1 Å². The van der Waals surface area contributed by atoms with E-state index in [9.17, 15) is 4.79 Å². The molecule has 0 heterocycles. The first-order valence-electron chi connectivity index (χ1n) is 8.54. The van der Waals surface area contributed by atoms with Gasteiger partial charge in [0, 0.05) is 25.3 Å². The van der Waals surface area contributed by atoms with Gasteiger partial charge in [0.05, 0.1) is 0 Å². The summed E-state index contributed by atoms with van der Waals surface area (Å²) in [5, 5.41) is 3.64. The number of benzene rings is 1. The van der Waals surface area contributed by atoms with Crippen LogP contribution >= 0.6 is 0 Å². The average Bonchev–Trinajstić information content (AvgIpc) is 2.83.